The number of aromatic nitrogens is 1. The molecule has 10 nitrogen and oxygen atoms in total. The van der Waals surface area contributed by atoms with E-state index in [9.17, 15) is 29.4 Å². The van der Waals surface area contributed by atoms with Gasteiger partial charge in [0.1, 0.15) is 5.82 Å². The van der Waals surface area contributed by atoms with E-state index in [-0.39, 0.29) is 29.0 Å². The number of ether oxygens (including phenoxy) is 1. The first-order chi connectivity index (χ1) is 13.8. The van der Waals surface area contributed by atoms with Crippen molar-refractivity contribution >= 4 is 38.8 Å². The smallest absolute Gasteiger partial charge is 0.280 e. The molecule has 1 amide bonds. The van der Waals surface area contributed by atoms with E-state index in [1.807, 2.05) is 0 Å². The van der Waals surface area contributed by atoms with Crippen molar-refractivity contribution in [1.82, 2.24) is 4.57 Å². The van der Waals surface area contributed by atoms with Gasteiger partial charge in [0, 0.05) is 25.8 Å². The Morgan fingerprint density at radius 2 is 1.86 bits per heavy atom. The van der Waals surface area contributed by atoms with Crippen LogP contribution in [0.1, 0.15) is 10.4 Å². The van der Waals surface area contributed by atoms with Gasteiger partial charge in [0.05, 0.1) is 38.3 Å². The first-order valence-corrected chi connectivity index (χ1v) is 8.93. The van der Waals surface area contributed by atoms with Crippen LogP contribution >= 0.6 is 11.3 Å². The van der Waals surface area contributed by atoms with Gasteiger partial charge in [-0.2, -0.15) is 4.99 Å². The van der Waals surface area contributed by atoms with Crippen LogP contribution in [0.15, 0.2) is 41.4 Å². The maximum atomic E-state index is 14.3. The molecule has 3 aromatic rings. The van der Waals surface area contributed by atoms with Crippen LogP contribution in [0.25, 0.3) is 10.2 Å². The van der Waals surface area contributed by atoms with Crippen molar-refractivity contribution in [2.75, 3.05) is 13.7 Å². The number of amides is 1. The van der Waals surface area contributed by atoms with Crippen molar-refractivity contribution in [3.8, 4) is 0 Å². The Balaban J connectivity index is 2.16. The molecule has 0 radical (unpaired) electrons. The van der Waals surface area contributed by atoms with Gasteiger partial charge in [-0.15, -0.1) is 0 Å². The van der Waals surface area contributed by atoms with Crippen LogP contribution in [0.3, 0.4) is 0 Å². The molecular weight excluding hydrogens is 407 g/mol. The lowest BCUT2D eigenvalue weighted by Gasteiger charge is -2.05. The molecule has 0 N–H and O–H groups in total. The summed E-state index contributed by atoms with van der Waals surface area (Å²) in [5.41, 5.74) is -1.28. The summed E-state index contributed by atoms with van der Waals surface area (Å²) in [7, 11) is 1.47. The lowest BCUT2D eigenvalue weighted by atomic mass is 10.1. The standard InChI is InChI=1S/C17H13FN4O6S/c1-28-6-5-20-15-13(18)3-2-4-14(15)29-17(20)19-16(23)10-7-11(21(24)25)9-12(8-10)22(26)27/h2-4,7-9H,5-6H2,1H3. The maximum absolute atomic E-state index is 14.3. The third-order valence-corrected chi connectivity index (χ3v) is 4.98. The molecule has 0 bridgehead atoms. The fourth-order valence-corrected chi connectivity index (χ4v) is 3.71. The van der Waals surface area contributed by atoms with Gasteiger partial charge < -0.3 is 9.30 Å². The van der Waals surface area contributed by atoms with Crippen molar-refractivity contribution in [2.45, 2.75) is 6.54 Å². The number of hydrogen-bond acceptors (Lipinski definition) is 7. The van der Waals surface area contributed by atoms with E-state index in [1.165, 1.54) is 23.8 Å². The third kappa shape index (κ3) is 4.17. The first-order valence-electron chi connectivity index (χ1n) is 8.11. The first kappa shape index (κ1) is 20.2. The molecule has 0 spiro atoms. The highest BCUT2D eigenvalue weighted by Gasteiger charge is 2.20. The normalized spacial score (nSPS) is 11.7. The van der Waals surface area contributed by atoms with Gasteiger partial charge in [0.15, 0.2) is 4.80 Å². The van der Waals surface area contributed by atoms with Gasteiger partial charge in [-0.1, -0.05) is 17.4 Å². The van der Waals surface area contributed by atoms with Crippen molar-refractivity contribution in [2.24, 2.45) is 4.99 Å². The quantitative estimate of drug-likeness (QED) is 0.445. The van der Waals surface area contributed by atoms with E-state index in [4.69, 9.17) is 4.74 Å². The predicted molar refractivity (Wildman–Crippen MR) is 101 cm³/mol. The van der Waals surface area contributed by atoms with Gasteiger partial charge in [-0.3, -0.25) is 25.0 Å². The van der Waals surface area contributed by atoms with E-state index in [0.29, 0.717) is 4.70 Å². The SMILES string of the molecule is COCCn1c(=NC(=O)c2cc([N+](=O)[O-])cc([N+](=O)[O-])c2)sc2cccc(F)c21. The molecule has 1 heterocycles. The number of benzene rings is 2. The summed E-state index contributed by atoms with van der Waals surface area (Å²) in [6.07, 6.45) is 0. The van der Waals surface area contributed by atoms with Gasteiger partial charge in [-0.25, -0.2) is 4.39 Å². The summed E-state index contributed by atoms with van der Waals surface area (Å²) < 4.78 is 21.3. The Bertz CT molecular complexity index is 1170. The average Bonchev–Trinajstić information content (AvgIpc) is 3.04. The van der Waals surface area contributed by atoms with Crippen LogP contribution in [0, 0.1) is 26.0 Å². The van der Waals surface area contributed by atoms with Crippen LogP contribution in [0.5, 0.6) is 0 Å². The van der Waals surface area contributed by atoms with E-state index in [2.05, 4.69) is 4.99 Å². The Hall–Kier alpha value is -3.51. The zero-order valence-corrected chi connectivity index (χ0v) is 15.7. The van der Waals surface area contributed by atoms with E-state index in [0.717, 1.165) is 29.5 Å². The van der Waals surface area contributed by atoms with Gasteiger partial charge in [0.25, 0.3) is 17.3 Å². The lowest BCUT2D eigenvalue weighted by molar-refractivity contribution is -0.394. The summed E-state index contributed by atoms with van der Waals surface area (Å²) in [6.45, 7) is 0.433. The molecule has 2 aromatic carbocycles. The van der Waals surface area contributed by atoms with Crippen LogP contribution in [-0.2, 0) is 11.3 Å². The number of halogens is 1. The molecule has 0 aliphatic carbocycles. The number of non-ortho nitro benzene ring substituents is 2. The Labute approximate surface area is 165 Å². The lowest BCUT2D eigenvalue weighted by Crippen LogP contribution is -2.20. The highest BCUT2D eigenvalue weighted by molar-refractivity contribution is 7.16. The molecule has 29 heavy (non-hydrogen) atoms. The van der Waals surface area contributed by atoms with Crippen molar-refractivity contribution in [3.05, 3.63) is 72.8 Å². The van der Waals surface area contributed by atoms with Crippen molar-refractivity contribution in [3.63, 3.8) is 0 Å². The molecule has 0 fully saturated rings. The molecule has 0 aliphatic heterocycles. The van der Waals surface area contributed by atoms with Crippen LogP contribution < -0.4 is 4.80 Å². The molecular formula is C17H13FN4O6S. The molecule has 0 atom stereocenters. The van der Waals surface area contributed by atoms with Crippen LogP contribution in [0.2, 0.25) is 0 Å². The number of fused-ring (bicyclic) bond motifs is 1. The molecule has 0 unspecified atom stereocenters. The minimum atomic E-state index is -0.921. The number of rotatable bonds is 6. The molecule has 0 saturated carbocycles. The minimum Gasteiger partial charge on any atom is -0.383 e. The Kier molecular flexibility index (Phi) is 5.75. The number of thiazole rings is 1. The van der Waals surface area contributed by atoms with Crippen LogP contribution in [-0.4, -0.2) is 34.0 Å². The predicted octanol–water partition coefficient (Wildman–Crippen LogP) is 3.05. The summed E-state index contributed by atoms with van der Waals surface area (Å²) in [5, 5.41) is 22.0. The highest BCUT2D eigenvalue weighted by atomic mass is 32.1. The number of carbonyl (C=O) groups is 1. The molecule has 12 heteroatoms. The summed E-state index contributed by atoms with van der Waals surface area (Å²) >= 11 is 1.04. The number of carbonyl (C=O) groups excluding carboxylic acids is 1. The van der Waals surface area contributed by atoms with E-state index in [1.54, 1.807) is 6.07 Å². The Morgan fingerprint density at radius 3 is 2.45 bits per heavy atom. The van der Waals surface area contributed by atoms with E-state index >= 15 is 0 Å². The third-order valence-electron chi connectivity index (χ3n) is 3.94. The maximum Gasteiger partial charge on any atom is 0.280 e. The fourth-order valence-electron chi connectivity index (χ4n) is 2.64. The summed E-state index contributed by atoms with van der Waals surface area (Å²) in [6, 6.07) is 7.02. The molecule has 0 aliphatic rings. The summed E-state index contributed by atoms with van der Waals surface area (Å²) in [5.74, 6) is -1.43. The number of methoxy groups -OCH3 is 1. The van der Waals surface area contributed by atoms with Gasteiger partial charge in [0.2, 0.25) is 0 Å². The molecule has 150 valence electrons. The number of para-hydroxylation sites is 1. The molecule has 0 saturated heterocycles. The second kappa shape index (κ2) is 8.24. The highest BCUT2D eigenvalue weighted by Crippen LogP contribution is 2.24. The second-order valence-electron chi connectivity index (χ2n) is 5.78. The fraction of sp³-hybridized carbons (Fsp3) is 0.176. The second-order valence-corrected chi connectivity index (χ2v) is 6.79. The number of nitro groups is 2. The zero-order chi connectivity index (χ0) is 21.1. The average molecular weight is 420 g/mol. The largest absolute Gasteiger partial charge is 0.383 e. The van der Waals surface area contributed by atoms with Gasteiger partial charge in [-0.05, 0) is 12.1 Å². The molecule has 3 rings (SSSR count). The monoisotopic (exact) mass is 420 g/mol. The zero-order valence-electron chi connectivity index (χ0n) is 14.9. The van der Waals surface area contributed by atoms with Crippen LogP contribution in [0.4, 0.5) is 15.8 Å². The van der Waals surface area contributed by atoms with Crippen molar-refractivity contribution in [1.29, 1.82) is 0 Å². The number of nitrogens with zero attached hydrogens (tertiary/aromatic N) is 4. The Morgan fingerprint density at radius 1 is 1.21 bits per heavy atom. The number of nitro benzene ring substituents is 2. The van der Waals surface area contributed by atoms with Crippen molar-refractivity contribution < 1.29 is 23.8 Å². The van der Waals surface area contributed by atoms with Gasteiger partial charge >= 0.3 is 0 Å². The van der Waals surface area contributed by atoms with E-state index < -0.39 is 32.9 Å². The minimum absolute atomic E-state index is 0.140. The number of hydrogen-bond donors (Lipinski definition) is 0. The summed E-state index contributed by atoms with van der Waals surface area (Å²) in [4.78, 5) is 37.1. The molecule has 1 aromatic heterocycles. The topological polar surface area (TPSA) is 130 Å².